The van der Waals surface area contributed by atoms with Crippen molar-refractivity contribution < 1.29 is 14.7 Å². The molecule has 2 aliphatic rings. The van der Waals surface area contributed by atoms with Crippen molar-refractivity contribution in [2.45, 2.75) is 45.1 Å². The zero-order valence-corrected chi connectivity index (χ0v) is 11.8. The molecule has 1 saturated heterocycles. The summed E-state index contributed by atoms with van der Waals surface area (Å²) in [4.78, 5) is 25.7. The molecule has 1 saturated carbocycles. The zero-order chi connectivity index (χ0) is 14.0. The minimum atomic E-state index is -0.877. The minimum Gasteiger partial charge on any atom is -0.389 e. The Labute approximate surface area is 114 Å². The minimum absolute atomic E-state index is 0.000598. The molecule has 2 amide bonds. The van der Waals surface area contributed by atoms with Crippen molar-refractivity contribution in [3.8, 4) is 0 Å². The molecule has 5 heteroatoms. The second-order valence-electron chi connectivity index (χ2n) is 6.40. The Morgan fingerprint density at radius 1 is 1.16 bits per heavy atom. The van der Waals surface area contributed by atoms with Gasteiger partial charge in [0, 0.05) is 31.5 Å². The summed E-state index contributed by atoms with van der Waals surface area (Å²) in [5.41, 5.74) is -0.877. The van der Waals surface area contributed by atoms with Gasteiger partial charge in [-0.3, -0.25) is 9.59 Å². The van der Waals surface area contributed by atoms with E-state index in [2.05, 4.69) is 5.32 Å². The van der Waals surface area contributed by atoms with Crippen LogP contribution in [0.3, 0.4) is 0 Å². The zero-order valence-electron chi connectivity index (χ0n) is 11.8. The van der Waals surface area contributed by atoms with Gasteiger partial charge >= 0.3 is 0 Å². The Bertz CT molecular complexity index is 350. The van der Waals surface area contributed by atoms with Crippen molar-refractivity contribution in [3.05, 3.63) is 0 Å². The summed E-state index contributed by atoms with van der Waals surface area (Å²) in [6.07, 6.45) is 3.53. The molecule has 0 atom stereocenters. The fourth-order valence-electron chi connectivity index (χ4n) is 2.40. The van der Waals surface area contributed by atoms with Gasteiger partial charge in [-0.15, -0.1) is 0 Å². The molecule has 0 radical (unpaired) electrons. The van der Waals surface area contributed by atoms with Gasteiger partial charge in [-0.05, 0) is 39.5 Å². The van der Waals surface area contributed by atoms with Gasteiger partial charge in [-0.2, -0.15) is 0 Å². The van der Waals surface area contributed by atoms with Crippen LogP contribution in [0.4, 0.5) is 0 Å². The average Bonchev–Trinajstić information content (AvgIpc) is 3.18. The van der Waals surface area contributed by atoms with E-state index in [9.17, 15) is 14.7 Å². The van der Waals surface area contributed by atoms with Crippen LogP contribution in [0.25, 0.3) is 0 Å². The summed E-state index contributed by atoms with van der Waals surface area (Å²) < 4.78 is 0. The molecule has 108 valence electrons. The van der Waals surface area contributed by atoms with Gasteiger partial charge in [0.2, 0.25) is 11.8 Å². The monoisotopic (exact) mass is 268 g/mol. The van der Waals surface area contributed by atoms with E-state index in [-0.39, 0.29) is 30.2 Å². The van der Waals surface area contributed by atoms with Crippen LogP contribution in [0.1, 0.15) is 39.5 Å². The summed E-state index contributed by atoms with van der Waals surface area (Å²) in [5, 5.41) is 12.4. The number of rotatable bonds is 4. The van der Waals surface area contributed by atoms with Gasteiger partial charge in [-0.25, -0.2) is 0 Å². The molecule has 2 fully saturated rings. The number of hydrogen-bond acceptors (Lipinski definition) is 3. The first kappa shape index (κ1) is 14.3. The van der Waals surface area contributed by atoms with Gasteiger partial charge in [-0.1, -0.05) is 0 Å². The van der Waals surface area contributed by atoms with Crippen LogP contribution < -0.4 is 5.32 Å². The van der Waals surface area contributed by atoms with Crippen molar-refractivity contribution in [1.82, 2.24) is 10.2 Å². The Hall–Kier alpha value is -1.10. The highest BCUT2D eigenvalue weighted by molar-refractivity contribution is 5.82. The molecule has 5 nitrogen and oxygen atoms in total. The quantitative estimate of drug-likeness (QED) is 0.781. The number of amides is 2. The predicted octanol–water partition coefficient (Wildman–Crippen LogP) is 0.522. The van der Waals surface area contributed by atoms with Crippen molar-refractivity contribution in [2.75, 3.05) is 19.6 Å². The smallest absolute Gasteiger partial charge is 0.225 e. The molecule has 1 aliphatic heterocycles. The van der Waals surface area contributed by atoms with Crippen LogP contribution in [-0.4, -0.2) is 47.1 Å². The highest BCUT2D eigenvalue weighted by atomic mass is 16.3. The number of hydrogen-bond donors (Lipinski definition) is 2. The summed E-state index contributed by atoms with van der Waals surface area (Å²) in [5.74, 6) is 0.516. The lowest BCUT2D eigenvalue weighted by molar-refractivity contribution is -0.136. The van der Waals surface area contributed by atoms with E-state index in [1.165, 1.54) is 0 Å². The number of carbonyl (C=O) groups is 2. The SMILES string of the molecule is CC(C)(O)CNC(=O)C1CCN(C(=O)C2CC2)CC1. The van der Waals surface area contributed by atoms with Gasteiger partial charge in [0.25, 0.3) is 0 Å². The lowest BCUT2D eigenvalue weighted by Crippen LogP contribution is -2.46. The van der Waals surface area contributed by atoms with E-state index in [0.717, 1.165) is 25.7 Å². The lowest BCUT2D eigenvalue weighted by atomic mass is 9.95. The highest BCUT2D eigenvalue weighted by Gasteiger charge is 2.36. The number of piperidine rings is 1. The van der Waals surface area contributed by atoms with E-state index >= 15 is 0 Å². The molecule has 1 aliphatic carbocycles. The first-order valence-corrected chi connectivity index (χ1v) is 7.16. The topological polar surface area (TPSA) is 69.6 Å². The molecule has 2 rings (SSSR count). The number of aliphatic hydroxyl groups is 1. The molecule has 19 heavy (non-hydrogen) atoms. The van der Waals surface area contributed by atoms with Crippen LogP contribution in [-0.2, 0) is 9.59 Å². The van der Waals surface area contributed by atoms with Crippen molar-refractivity contribution in [2.24, 2.45) is 11.8 Å². The number of nitrogens with one attached hydrogen (secondary N) is 1. The Morgan fingerprint density at radius 3 is 2.21 bits per heavy atom. The Kier molecular flexibility index (Phi) is 4.13. The molecule has 0 aromatic rings. The van der Waals surface area contributed by atoms with Crippen molar-refractivity contribution in [3.63, 3.8) is 0 Å². The molecule has 2 N–H and O–H groups in total. The first-order valence-electron chi connectivity index (χ1n) is 7.16. The van der Waals surface area contributed by atoms with E-state index in [1.54, 1.807) is 13.8 Å². The van der Waals surface area contributed by atoms with Crippen LogP contribution in [0.15, 0.2) is 0 Å². The maximum atomic E-state index is 11.9. The Balaban J connectivity index is 1.73. The fraction of sp³-hybridized carbons (Fsp3) is 0.857. The van der Waals surface area contributed by atoms with Gasteiger partial charge < -0.3 is 15.3 Å². The first-order chi connectivity index (χ1) is 8.87. The summed E-state index contributed by atoms with van der Waals surface area (Å²) in [6.45, 7) is 4.99. The van der Waals surface area contributed by atoms with Gasteiger partial charge in [0.1, 0.15) is 0 Å². The average molecular weight is 268 g/mol. The largest absolute Gasteiger partial charge is 0.389 e. The van der Waals surface area contributed by atoms with E-state index in [1.807, 2.05) is 4.90 Å². The standard InChI is InChI=1S/C14H24N2O3/c1-14(2,19)9-15-12(17)10-5-7-16(8-6-10)13(18)11-3-4-11/h10-11,19H,3-9H2,1-2H3,(H,15,17). The van der Waals surface area contributed by atoms with Gasteiger partial charge in [0.05, 0.1) is 5.60 Å². The molecular formula is C14H24N2O3. The van der Waals surface area contributed by atoms with E-state index in [4.69, 9.17) is 0 Å². The summed E-state index contributed by atoms with van der Waals surface area (Å²) in [7, 11) is 0. The molecule has 0 spiro atoms. The molecule has 0 aromatic carbocycles. The molecular weight excluding hydrogens is 244 g/mol. The molecule has 0 unspecified atom stereocenters. The molecule has 0 aromatic heterocycles. The second-order valence-corrected chi connectivity index (χ2v) is 6.40. The van der Waals surface area contributed by atoms with Crippen LogP contribution in [0.2, 0.25) is 0 Å². The van der Waals surface area contributed by atoms with Crippen LogP contribution in [0, 0.1) is 11.8 Å². The third-order valence-electron chi connectivity index (χ3n) is 3.80. The summed E-state index contributed by atoms with van der Waals surface area (Å²) >= 11 is 0. The lowest BCUT2D eigenvalue weighted by Gasteiger charge is -2.32. The Morgan fingerprint density at radius 2 is 1.74 bits per heavy atom. The summed E-state index contributed by atoms with van der Waals surface area (Å²) in [6, 6.07) is 0. The van der Waals surface area contributed by atoms with Crippen molar-refractivity contribution >= 4 is 11.8 Å². The maximum absolute atomic E-state index is 11.9. The molecule has 0 bridgehead atoms. The number of nitrogens with zero attached hydrogens (tertiary/aromatic N) is 1. The second kappa shape index (κ2) is 5.49. The van der Waals surface area contributed by atoms with Crippen LogP contribution >= 0.6 is 0 Å². The fourth-order valence-corrected chi connectivity index (χ4v) is 2.40. The van der Waals surface area contributed by atoms with E-state index in [0.29, 0.717) is 13.1 Å². The maximum Gasteiger partial charge on any atom is 0.225 e. The third-order valence-corrected chi connectivity index (χ3v) is 3.80. The normalized spacial score (nSPS) is 21.3. The third kappa shape index (κ3) is 4.20. The highest BCUT2D eigenvalue weighted by Crippen LogP contribution is 2.32. The van der Waals surface area contributed by atoms with Crippen molar-refractivity contribution in [1.29, 1.82) is 0 Å². The van der Waals surface area contributed by atoms with Crippen LogP contribution in [0.5, 0.6) is 0 Å². The molecule has 1 heterocycles. The number of carbonyl (C=O) groups excluding carboxylic acids is 2. The van der Waals surface area contributed by atoms with Gasteiger partial charge in [0.15, 0.2) is 0 Å². The van der Waals surface area contributed by atoms with E-state index < -0.39 is 5.60 Å². The number of likely N-dealkylation sites (tertiary alicyclic amines) is 1. The predicted molar refractivity (Wildman–Crippen MR) is 71.3 cm³/mol.